The average Bonchev–Trinajstić information content (AvgIpc) is 3.17. The number of para-hydroxylation sites is 1. The van der Waals surface area contributed by atoms with E-state index in [0.29, 0.717) is 23.4 Å². The van der Waals surface area contributed by atoms with Crippen molar-refractivity contribution in [2.45, 2.75) is 65.2 Å². The van der Waals surface area contributed by atoms with Crippen molar-refractivity contribution < 1.29 is 9.53 Å². The number of hydrogen-bond donors (Lipinski definition) is 2. The van der Waals surface area contributed by atoms with Crippen LogP contribution in [0, 0.1) is 6.92 Å². The number of unbranched alkanes of at least 4 members (excludes halogenated alkanes) is 7. The van der Waals surface area contributed by atoms with E-state index in [-0.39, 0.29) is 11.5 Å². The molecule has 7 nitrogen and oxygen atoms in total. The Morgan fingerprint density at radius 2 is 1.63 bits per heavy atom. The molecule has 0 radical (unpaired) electrons. The highest BCUT2D eigenvalue weighted by molar-refractivity contribution is 5.95. The van der Waals surface area contributed by atoms with Crippen molar-refractivity contribution in [3.8, 4) is 11.4 Å². The molecule has 0 aliphatic heterocycles. The first-order chi connectivity index (χ1) is 17.1. The predicted octanol–water partition coefficient (Wildman–Crippen LogP) is 5.76. The number of ether oxygens (including phenoxy) is 1. The monoisotopic (exact) mass is 476 g/mol. The van der Waals surface area contributed by atoms with Crippen molar-refractivity contribution in [3.63, 3.8) is 0 Å². The second kappa shape index (κ2) is 13.9. The topological polar surface area (TPSA) is 88.5 Å². The summed E-state index contributed by atoms with van der Waals surface area (Å²) in [6.07, 6.45) is 11.5. The van der Waals surface area contributed by atoms with E-state index in [9.17, 15) is 9.59 Å². The number of aryl methyl sites for hydroxylation is 1. The number of rotatable bonds is 14. The van der Waals surface area contributed by atoms with Gasteiger partial charge in [-0.3, -0.25) is 14.7 Å². The van der Waals surface area contributed by atoms with Gasteiger partial charge in [0.1, 0.15) is 5.75 Å². The van der Waals surface area contributed by atoms with Crippen LogP contribution in [0.2, 0.25) is 0 Å². The molecule has 0 bridgehead atoms. The van der Waals surface area contributed by atoms with Crippen molar-refractivity contribution >= 4 is 12.1 Å². The highest BCUT2D eigenvalue weighted by Crippen LogP contribution is 2.14. The quantitative estimate of drug-likeness (QED) is 0.176. The summed E-state index contributed by atoms with van der Waals surface area (Å²) < 4.78 is 7.24. The summed E-state index contributed by atoms with van der Waals surface area (Å²) in [6.45, 7) is 4.71. The highest BCUT2D eigenvalue weighted by Gasteiger charge is 2.11. The summed E-state index contributed by atoms with van der Waals surface area (Å²) in [6, 6.07) is 16.3. The molecule has 1 heterocycles. The number of aromatic amines is 1. The number of H-pyrrole nitrogens is 1. The Hall–Kier alpha value is -3.61. The van der Waals surface area contributed by atoms with E-state index in [2.05, 4.69) is 22.5 Å². The first-order valence-corrected chi connectivity index (χ1v) is 12.5. The number of amides is 1. The number of carbonyl (C=O) groups excluding carboxylic acids is 1. The summed E-state index contributed by atoms with van der Waals surface area (Å²) in [5.74, 6) is 0.393. The van der Waals surface area contributed by atoms with Gasteiger partial charge in [-0.25, -0.2) is 10.1 Å². The smallest absolute Gasteiger partial charge is 0.280 e. The molecule has 0 aliphatic carbocycles. The molecule has 0 unspecified atom stereocenters. The van der Waals surface area contributed by atoms with Gasteiger partial charge >= 0.3 is 0 Å². The van der Waals surface area contributed by atoms with Crippen LogP contribution in [0.25, 0.3) is 5.69 Å². The number of carbonyl (C=O) groups is 1. The molecular weight excluding hydrogens is 440 g/mol. The lowest BCUT2D eigenvalue weighted by Gasteiger charge is -2.07. The first kappa shape index (κ1) is 26.0. The molecule has 0 fully saturated rings. The van der Waals surface area contributed by atoms with E-state index in [1.54, 1.807) is 31.2 Å². The standard InChI is InChI=1S/C28H36N4O3/c1-3-4-5-6-7-8-9-13-20-35-25-18-16-23(17-19-25)27(33)30-29-21-26-22(2)31-32(28(26)34)24-14-11-10-12-15-24/h10-12,14-19,21,31H,3-9,13,20H2,1-2H3,(H,30,33)/b29-21+. The number of nitrogens with zero attached hydrogens (tertiary/aromatic N) is 2. The minimum absolute atomic E-state index is 0.232. The van der Waals surface area contributed by atoms with Crippen molar-refractivity contribution in [3.05, 3.63) is 81.8 Å². The molecule has 0 saturated heterocycles. The minimum atomic E-state index is -0.354. The second-order valence-corrected chi connectivity index (χ2v) is 8.67. The van der Waals surface area contributed by atoms with Crippen molar-refractivity contribution in [1.29, 1.82) is 0 Å². The van der Waals surface area contributed by atoms with Gasteiger partial charge in [-0.1, -0.05) is 70.1 Å². The van der Waals surface area contributed by atoms with E-state index in [1.807, 2.05) is 30.3 Å². The fraction of sp³-hybridized carbons (Fsp3) is 0.393. The third-order valence-electron chi connectivity index (χ3n) is 5.87. The van der Waals surface area contributed by atoms with Gasteiger partial charge in [0.05, 0.1) is 24.1 Å². The summed E-state index contributed by atoms with van der Waals surface area (Å²) in [5.41, 5.74) is 4.50. The van der Waals surface area contributed by atoms with Crippen LogP contribution in [0.4, 0.5) is 0 Å². The molecule has 0 saturated carbocycles. The Labute approximate surface area is 207 Å². The molecule has 186 valence electrons. The first-order valence-electron chi connectivity index (χ1n) is 12.5. The molecular formula is C28H36N4O3. The Kier molecular flexibility index (Phi) is 10.4. The molecule has 1 aromatic heterocycles. The van der Waals surface area contributed by atoms with Crippen LogP contribution < -0.4 is 15.7 Å². The van der Waals surface area contributed by atoms with E-state index >= 15 is 0 Å². The van der Waals surface area contributed by atoms with Gasteiger partial charge in [0.2, 0.25) is 0 Å². The molecule has 3 rings (SSSR count). The molecule has 7 heteroatoms. The lowest BCUT2D eigenvalue weighted by atomic mass is 10.1. The van der Waals surface area contributed by atoms with Crippen molar-refractivity contribution in [1.82, 2.24) is 15.2 Å². The summed E-state index contributed by atoms with van der Waals surface area (Å²) >= 11 is 0. The lowest BCUT2D eigenvalue weighted by molar-refractivity contribution is 0.0955. The normalized spacial score (nSPS) is 11.1. The molecule has 0 spiro atoms. The lowest BCUT2D eigenvalue weighted by Crippen LogP contribution is -2.20. The van der Waals surface area contributed by atoms with Crippen LogP contribution in [-0.2, 0) is 0 Å². The minimum Gasteiger partial charge on any atom is -0.494 e. The van der Waals surface area contributed by atoms with Crippen LogP contribution in [0.3, 0.4) is 0 Å². The van der Waals surface area contributed by atoms with Crippen LogP contribution in [0.1, 0.15) is 79.9 Å². The van der Waals surface area contributed by atoms with Gasteiger partial charge in [0, 0.05) is 11.3 Å². The van der Waals surface area contributed by atoms with Gasteiger partial charge < -0.3 is 4.74 Å². The van der Waals surface area contributed by atoms with Gasteiger partial charge in [-0.15, -0.1) is 0 Å². The number of hydrazone groups is 1. The zero-order chi connectivity index (χ0) is 24.9. The van der Waals surface area contributed by atoms with Crippen molar-refractivity contribution in [2.24, 2.45) is 5.10 Å². The maximum atomic E-state index is 12.7. The zero-order valence-corrected chi connectivity index (χ0v) is 20.8. The third-order valence-corrected chi connectivity index (χ3v) is 5.87. The maximum absolute atomic E-state index is 12.7. The van der Waals surface area contributed by atoms with Gasteiger partial charge in [-0.2, -0.15) is 5.10 Å². The second-order valence-electron chi connectivity index (χ2n) is 8.67. The van der Waals surface area contributed by atoms with Crippen LogP contribution in [-0.4, -0.2) is 28.5 Å². The third kappa shape index (κ3) is 7.98. The maximum Gasteiger partial charge on any atom is 0.280 e. The van der Waals surface area contributed by atoms with Crippen molar-refractivity contribution in [2.75, 3.05) is 6.61 Å². The number of benzene rings is 2. The van der Waals surface area contributed by atoms with E-state index < -0.39 is 0 Å². The van der Waals surface area contributed by atoms with Crippen LogP contribution in [0.5, 0.6) is 5.75 Å². The molecule has 0 atom stereocenters. The molecule has 2 aromatic carbocycles. The van der Waals surface area contributed by atoms with Gasteiger partial charge in [0.15, 0.2) is 0 Å². The van der Waals surface area contributed by atoms with Gasteiger partial charge in [-0.05, 0) is 49.7 Å². The van der Waals surface area contributed by atoms with Crippen LogP contribution >= 0.6 is 0 Å². The molecule has 0 aliphatic rings. The average molecular weight is 477 g/mol. The molecule has 2 N–H and O–H groups in total. The summed E-state index contributed by atoms with van der Waals surface area (Å²) in [4.78, 5) is 25.1. The molecule has 35 heavy (non-hydrogen) atoms. The number of hydrogen-bond acceptors (Lipinski definition) is 4. The zero-order valence-electron chi connectivity index (χ0n) is 20.8. The Morgan fingerprint density at radius 1 is 0.971 bits per heavy atom. The van der Waals surface area contributed by atoms with E-state index in [0.717, 1.165) is 17.9 Å². The van der Waals surface area contributed by atoms with E-state index in [1.165, 1.54) is 55.8 Å². The van der Waals surface area contributed by atoms with E-state index in [4.69, 9.17) is 4.74 Å². The fourth-order valence-corrected chi connectivity index (χ4v) is 3.82. The Morgan fingerprint density at radius 3 is 2.31 bits per heavy atom. The number of aromatic nitrogens is 2. The largest absolute Gasteiger partial charge is 0.494 e. The van der Waals surface area contributed by atoms with Crippen LogP contribution in [0.15, 0.2) is 64.5 Å². The highest BCUT2D eigenvalue weighted by atomic mass is 16.5. The molecule has 1 amide bonds. The summed E-state index contributed by atoms with van der Waals surface area (Å²) in [5, 5.41) is 7.01. The van der Waals surface area contributed by atoms with Gasteiger partial charge in [0.25, 0.3) is 11.5 Å². The molecule has 3 aromatic rings. The fourth-order valence-electron chi connectivity index (χ4n) is 3.82. The summed E-state index contributed by atoms with van der Waals surface area (Å²) in [7, 11) is 0. The SMILES string of the molecule is CCCCCCCCCCOc1ccc(C(=O)N/N=C/c2c(C)[nH]n(-c3ccccc3)c2=O)cc1. The predicted molar refractivity (Wildman–Crippen MR) is 141 cm³/mol. The Balaban J connectivity index is 1.43. The number of nitrogens with one attached hydrogen (secondary N) is 2. The Bertz CT molecular complexity index is 1130.